The summed E-state index contributed by atoms with van der Waals surface area (Å²) >= 11 is 12.0. The van der Waals surface area contributed by atoms with Crippen molar-refractivity contribution in [2.45, 2.75) is 13.5 Å². The first-order valence-corrected chi connectivity index (χ1v) is 5.39. The lowest BCUT2D eigenvalue weighted by Crippen LogP contribution is -2.01. The minimum atomic E-state index is 0.355. The van der Waals surface area contributed by atoms with Gasteiger partial charge in [-0.15, -0.1) is 0 Å². The van der Waals surface area contributed by atoms with Crippen molar-refractivity contribution in [1.29, 1.82) is 0 Å². The molecule has 0 saturated heterocycles. The summed E-state index contributed by atoms with van der Waals surface area (Å²) in [5.74, 6) is 0.577. The van der Waals surface area contributed by atoms with Crippen molar-refractivity contribution in [2.75, 3.05) is 5.32 Å². The van der Waals surface area contributed by atoms with E-state index in [-0.39, 0.29) is 0 Å². The van der Waals surface area contributed by atoms with Gasteiger partial charge in [0.2, 0.25) is 0 Å². The van der Waals surface area contributed by atoms with E-state index in [1.165, 1.54) is 0 Å². The van der Waals surface area contributed by atoms with Crippen LogP contribution < -0.4 is 5.32 Å². The van der Waals surface area contributed by atoms with Crippen molar-refractivity contribution >= 4 is 29.2 Å². The predicted molar refractivity (Wildman–Crippen MR) is 62.8 cm³/mol. The van der Waals surface area contributed by atoms with Crippen LogP contribution in [0, 0.1) is 6.92 Å². The van der Waals surface area contributed by atoms with Crippen LogP contribution in [0.4, 0.5) is 6.01 Å². The van der Waals surface area contributed by atoms with Gasteiger partial charge in [-0.3, -0.25) is 0 Å². The number of hydrogen-bond donors (Lipinski definition) is 1. The molecule has 0 spiro atoms. The molecule has 1 aromatic heterocycles. The van der Waals surface area contributed by atoms with Gasteiger partial charge < -0.3 is 9.84 Å². The van der Waals surface area contributed by atoms with Crippen LogP contribution in [-0.4, -0.2) is 10.1 Å². The van der Waals surface area contributed by atoms with Gasteiger partial charge in [0, 0.05) is 22.2 Å². The molecule has 0 atom stereocenters. The van der Waals surface area contributed by atoms with E-state index < -0.39 is 0 Å². The van der Waals surface area contributed by atoms with Crippen molar-refractivity contribution in [1.82, 2.24) is 10.1 Å². The topological polar surface area (TPSA) is 51.0 Å². The van der Waals surface area contributed by atoms with Gasteiger partial charge in [0.15, 0.2) is 5.82 Å². The Bertz CT molecular complexity index is 478. The Morgan fingerprint density at radius 1 is 1.31 bits per heavy atom. The highest BCUT2D eigenvalue weighted by Gasteiger charge is 2.07. The number of aryl methyl sites for hydroxylation is 1. The van der Waals surface area contributed by atoms with Gasteiger partial charge in [0.1, 0.15) is 0 Å². The lowest BCUT2D eigenvalue weighted by atomic mass is 10.2. The van der Waals surface area contributed by atoms with E-state index in [1.807, 2.05) is 0 Å². The van der Waals surface area contributed by atoms with Gasteiger partial charge in [0.05, 0.1) is 0 Å². The van der Waals surface area contributed by atoms with Crippen molar-refractivity contribution < 1.29 is 4.52 Å². The molecule has 0 radical (unpaired) electrons. The highest BCUT2D eigenvalue weighted by Crippen LogP contribution is 2.24. The van der Waals surface area contributed by atoms with Crippen molar-refractivity contribution in [3.05, 3.63) is 39.6 Å². The van der Waals surface area contributed by atoms with Crippen LogP contribution in [0.1, 0.15) is 11.4 Å². The molecular weight excluding hydrogens is 249 g/mol. The molecule has 84 valence electrons. The molecule has 0 amide bonds. The van der Waals surface area contributed by atoms with Gasteiger partial charge in [-0.2, -0.15) is 4.98 Å². The molecule has 0 bridgehead atoms. The Morgan fingerprint density at radius 3 is 2.56 bits per heavy atom. The lowest BCUT2D eigenvalue weighted by molar-refractivity contribution is 0.425. The van der Waals surface area contributed by atoms with Gasteiger partial charge in [-0.05, 0) is 19.1 Å². The fraction of sp³-hybridized carbons (Fsp3) is 0.200. The minimum Gasteiger partial charge on any atom is -0.334 e. The van der Waals surface area contributed by atoms with Crippen LogP contribution in [-0.2, 0) is 6.54 Å². The van der Waals surface area contributed by atoms with Crippen LogP contribution >= 0.6 is 23.2 Å². The molecule has 16 heavy (non-hydrogen) atoms. The summed E-state index contributed by atoms with van der Waals surface area (Å²) in [4.78, 5) is 4.01. The summed E-state index contributed by atoms with van der Waals surface area (Å²) in [5, 5.41) is 7.83. The van der Waals surface area contributed by atoms with Crippen molar-refractivity contribution in [2.24, 2.45) is 0 Å². The Kier molecular flexibility index (Phi) is 3.31. The first-order valence-electron chi connectivity index (χ1n) is 4.64. The first kappa shape index (κ1) is 11.2. The van der Waals surface area contributed by atoms with E-state index in [0.29, 0.717) is 28.4 Å². The molecule has 0 saturated carbocycles. The number of hydrogen-bond acceptors (Lipinski definition) is 4. The maximum Gasteiger partial charge on any atom is 0.321 e. The van der Waals surface area contributed by atoms with Crippen LogP contribution in [0.2, 0.25) is 10.0 Å². The van der Waals surface area contributed by atoms with Crippen LogP contribution in [0.25, 0.3) is 0 Å². The number of aromatic nitrogens is 2. The molecule has 6 heteroatoms. The maximum atomic E-state index is 6.01. The zero-order valence-corrected chi connectivity index (χ0v) is 10.0. The van der Waals surface area contributed by atoms with Crippen molar-refractivity contribution in [3.63, 3.8) is 0 Å². The molecule has 1 aromatic carbocycles. The largest absolute Gasteiger partial charge is 0.334 e. The number of nitrogens with zero attached hydrogens (tertiary/aromatic N) is 2. The summed E-state index contributed by atoms with van der Waals surface area (Å²) in [5.41, 5.74) is 0.807. The molecular formula is C10H9Cl2N3O. The fourth-order valence-electron chi connectivity index (χ4n) is 1.23. The van der Waals surface area contributed by atoms with Gasteiger partial charge in [-0.1, -0.05) is 34.4 Å². The number of anilines is 1. The Labute approximate surface area is 103 Å². The summed E-state index contributed by atoms with van der Waals surface area (Å²) in [6.07, 6.45) is 0. The molecule has 0 aliphatic heterocycles. The summed E-state index contributed by atoms with van der Waals surface area (Å²) < 4.78 is 4.91. The van der Waals surface area contributed by atoms with Crippen LogP contribution in [0.5, 0.6) is 0 Å². The number of halogens is 2. The van der Waals surface area contributed by atoms with E-state index in [0.717, 1.165) is 5.56 Å². The summed E-state index contributed by atoms with van der Waals surface area (Å²) in [7, 11) is 0. The quantitative estimate of drug-likeness (QED) is 0.917. The zero-order valence-electron chi connectivity index (χ0n) is 8.50. The van der Waals surface area contributed by atoms with E-state index >= 15 is 0 Å². The van der Waals surface area contributed by atoms with E-state index in [9.17, 15) is 0 Å². The lowest BCUT2D eigenvalue weighted by Gasteiger charge is -2.06. The number of benzene rings is 1. The third kappa shape index (κ3) is 2.46. The maximum absolute atomic E-state index is 6.01. The van der Waals surface area contributed by atoms with E-state index in [1.54, 1.807) is 25.1 Å². The summed E-state index contributed by atoms with van der Waals surface area (Å²) in [6, 6.07) is 5.71. The molecule has 1 N–H and O–H groups in total. The second-order valence-electron chi connectivity index (χ2n) is 3.20. The molecule has 0 aliphatic rings. The zero-order chi connectivity index (χ0) is 11.5. The molecule has 1 heterocycles. The molecule has 2 rings (SSSR count). The number of rotatable bonds is 3. The average Bonchev–Trinajstić information content (AvgIpc) is 2.63. The van der Waals surface area contributed by atoms with Gasteiger partial charge in [-0.25, -0.2) is 0 Å². The highest BCUT2D eigenvalue weighted by molar-refractivity contribution is 6.36. The third-order valence-corrected chi connectivity index (χ3v) is 2.71. The summed E-state index contributed by atoms with van der Waals surface area (Å²) in [6.45, 7) is 2.19. The molecule has 4 nitrogen and oxygen atoms in total. The van der Waals surface area contributed by atoms with E-state index in [2.05, 4.69) is 15.5 Å². The van der Waals surface area contributed by atoms with Crippen LogP contribution in [0.15, 0.2) is 22.7 Å². The third-order valence-electron chi connectivity index (χ3n) is 2.01. The first-order chi connectivity index (χ1) is 7.66. The molecule has 0 aliphatic carbocycles. The highest BCUT2D eigenvalue weighted by atomic mass is 35.5. The minimum absolute atomic E-state index is 0.355. The molecule has 0 fully saturated rings. The second kappa shape index (κ2) is 4.72. The van der Waals surface area contributed by atoms with Crippen molar-refractivity contribution in [3.8, 4) is 0 Å². The van der Waals surface area contributed by atoms with Crippen LogP contribution in [0.3, 0.4) is 0 Å². The van der Waals surface area contributed by atoms with Gasteiger partial charge in [0.25, 0.3) is 0 Å². The Balaban J connectivity index is 2.10. The SMILES string of the molecule is Cc1noc(NCc2c(Cl)cccc2Cl)n1. The molecule has 2 aromatic rings. The second-order valence-corrected chi connectivity index (χ2v) is 4.01. The fourth-order valence-corrected chi connectivity index (χ4v) is 1.77. The smallest absolute Gasteiger partial charge is 0.321 e. The monoisotopic (exact) mass is 257 g/mol. The normalized spacial score (nSPS) is 10.4. The number of nitrogens with one attached hydrogen (secondary N) is 1. The Hall–Kier alpha value is -1.26. The molecule has 0 unspecified atom stereocenters. The standard InChI is InChI=1S/C10H9Cl2N3O/c1-6-14-10(16-15-6)13-5-7-8(11)3-2-4-9(7)12/h2-4H,5H2,1H3,(H,13,14,15). The Morgan fingerprint density at radius 2 is 2.00 bits per heavy atom. The predicted octanol–water partition coefficient (Wildman–Crippen LogP) is 3.30. The average molecular weight is 258 g/mol. The van der Waals surface area contributed by atoms with Gasteiger partial charge >= 0.3 is 6.01 Å². The van der Waals surface area contributed by atoms with E-state index in [4.69, 9.17) is 27.7 Å².